The summed E-state index contributed by atoms with van der Waals surface area (Å²) in [7, 11) is 0. The largest absolute Gasteiger partial charge is 0.310 e. The zero-order valence-electron chi connectivity index (χ0n) is 87.7. The number of hydrogen-bond acceptors (Lipinski definition) is 2. The third-order valence-corrected chi connectivity index (χ3v) is 22.9. The maximum Gasteiger partial charge on any atom is 0.252 e. The van der Waals surface area contributed by atoms with Crippen LogP contribution in [0.1, 0.15) is 212 Å². The fourth-order valence-electron chi connectivity index (χ4n) is 16.5. The normalized spacial score (nSPS) is 16.1. The van der Waals surface area contributed by atoms with E-state index in [1.165, 1.54) is 0 Å². The van der Waals surface area contributed by atoms with Gasteiger partial charge in [-0.15, -0.1) is 0 Å². The molecule has 0 fully saturated rings. The molecule has 2 aliphatic heterocycles. The molecule has 111 heavy (non-hydrogen) atoms. The predicted molar refractivity (Wildman–Crippen MR) is 482 cm³/mol. The number of aromatic nitrogens is 2. The summed E-state index contributed by atoms with van der Waals surface area (Å²) in [5.74, 6) is 0. The molecule has 2 aromatic heterocycles. The number of hydrogen-bond donors (Lipinski definition) is 0. The second kappa shape index (κ2) is 25.9. The van der Waals surface area contributed by atoms with Gasteiger partial charge in [-0.1, -0.05) is 303 Å². The Kier molecular flexibility index (Phi) is 12.4. The summed E-state index contributed by atoms with van der Waals surface area (Å²) >= 11 is 0. The van der Waals surface area contributed by atoms with Gasteiger partial charge >= 0.3 is 0 Å². The maximum absolute atomic E-state index is 10.3. The molecule has 2 aliphatic rings. The summed E-state index contributed by atoms with van der Waals surface area (Å²) in [6, 6.07) is 37.2. The highest BCUT2D eigenvalue weighted by Crippen LogP contribution is 2.56. The molecular formula is C106H107BN4. The second-order valence-electron chi connectivity index (χ2n) is 37.7. The van der Waals surface area contributed by atoms with Crippen LogP contribution >= 0.6 is 0 Å². The van der Waals surface area contributed by atoms with Crippen molar-refractivity contribution in [2.45, 2.75) is 183 Å². The summed E-state index contributed by atoms with van der Waals surface area (Å²) in [5, 5.41) is 3.92. The number of anilines is 6. The van der Waals surface area contributed by atoms with Gasteiger partial charge in [-0.05, 0) is 225 Å². The average molecular weight is 1470 g/mol. The first-order valence-electron chi connectivity index (χ1n) is 48.7. The first kappa shape index (κ1) is 53.1. The minimum Gasteiger partial charge on any atom is -0.310 e. The van der Waals surface area contributed by atoms with Crippen molar-refractivity contribution < 1.29 is 27.4 Å². The van der Waals surface area contributed by atoms with Crippen LogP contribution in [0.3, 0.4) is 0 Å². The number of benzene rings is 13. The first-order chi connectivity index (χ1) is 60.8. The SMILES string of the molecule is [2H]c1c([2H])c([2H])c(-c2cc(C(C)(C)C)cc(-c3c([2H])c([2H])c([2H])c([2H])c3[2H])c2N2c3cc(-n4c5ccc(C(C)(C)C)cc5c5cc(C(C)(C)C)ccc54)ccc3B3c4ccc(-n5c6ccc(C(C)(C)C)cc6c6cc(C(C)(C)C)ccc65)cc4N(c4c(-c5c([2H])c([2H])c([2H])c([2H])c5[2H])cc(C(C)(C)C)cc4-c4c([2H])c([2H])c([2H])c([2H])c4[2H])c4cc(C(C)(C)C)cc2c43)c([2H])c1[2H]. The van der Waals surface area contributed by atoms with E-state index in [0.29, 0.717) is 67.2 Å². The van der Waals surface area contributed by atoms with E-state index in [2.05, 4.69) is 201 Å². The second-order valence-corrected chi connectivity index (χ2v) is 37.7. The average Bonchev–Trinajstić information content (AvgIpc) is 1.28. The molecule has 17 rings (SSSR count). The first-order valence-corrected chi connectivity index (χ1v) is 38.7. The van der Waals surface area contributed by atoms with Gasteiger partial charge in [0.15, 0.2) is 0 Å². The molecule has 0 aliphatic carbocycles. The minimum absolute atomic E-state index is 0.0278. The summed E-state index contributed by atoms with van der Waals surface area (Å²) in [4.78, 5) is 3.93. The van der Waals surface area contributed by atoms with Gasteiger partial charge in [-0.3, -0.25) is 0 Å². The zero-order chi connectivity index (χ0) is 95.5. The van der Waals surface area contributed by atoms with Gasteiger partial charge in [0, 0.05) is 77.9 Å². The Labute approximate surface area is 688 Å². The molecule has 0 N–H and O–H groups in total. The highest BCUT2D eigenvalue weighted by Gasteiger charge is 2.47. The van der Waals surface area contributed by atoms with E-state index in [-0.39, 0.29) is 77.5 Å². The van der Waals surface area contributed by atoms with Gasteiger partial charge in [-0.25, -0.2) is 0 Å². The summed E-state index contributed by atoms with van der Waals surface area (Å²) < 4.78 is 201. The quantitative estimate of drug-likeness (QED) is 0.141. The fraction of sp³-hybridized carbons (Fsp3) is 0.264. The fourth-order valence-corrected chi connectivity index (χ4v) is 16.5. The van der Waals surface area contributed by atoms with Gasteiger partial charge < -0.3 is 18.9 Å². The Balaban J connectivity index is 1.15. The van der Waals surface area contributed by atoms with E-state index < -0.39 is 144 Å². The minimum atomic E-state index is -0.942. The monoisotopic (exact) mass is 1470 g/mol. The van der Waals surface area contributed by atoms with Gasteiger partial charge in [0.05, 0.1) is 60.9 Å². The smallest absolute Gasteiger partial charge is 0.252 e. The Morgan fingerprint density at radius 1 is 0.243 bits per heavy atom. The summed E-state index contributed by atoms with van der Waals surface area (Å²) in [6.07, 6.45) is 0. The van der Waals surface area contributed by atoms with E-state index in [9.17, 15) is 27.4 Å². The molecule has 0 spiro atoms. The molecule has 5 heteroatoms. The Bertz CT molecular complexity index is 6660. The van der Waals surface area contributed by atoms with Crippen molar-refractivity contribution in [3.8, 4) is 55.9 Å². The number of fused-ring (bicyclic) bond motifs is 10. The van der Waals surface area contributed by atoms with E-state index >= 15 is 0 Å². The van der Waals surface area contributed by atoms with E-state index in [1.54, 1.807) is 24.3 Å². The molecule has 0 bridgehead atoms. The van der Waals surface area contributed by atoms with Crippen LogP contribution in [0.15, 0.2) is 266 Å². The third kappa shape index (κ3) is 12.5. The van der Waals surface area contributed by atoms with Gasteiger partial charge in [0.2, 0.25) is 0 Å². The van der Waals surface area contributed by atoms with Gasteiger partial charge in [-0.2, -0.15) is 0 Å². The van der Waals surface area contributed by atoms with Crippen molar-refractivity contribution in [2.24, 2.45) is 0 Å². The van der Waals surface area contributed by atoms with Crippen molar-refractivity contribution in [3.05, 3.63) is 305 Å². The van der Waals surface area contributed by atoms with Crippen LogP contribution in [0, 0.1) is 0 Å². The maximum atomic E-state index is 10.3. The molecular weight excluding hydrogens is 1340 g/mol. The highest BCUT2D eigenvalue weighted by atomic mass is 15.2. The van der Waals surface area contributed by atoms with Crippen LogP contribution in [0.2, 0.25) is 0 Å². The van der Waals surface area contributed by atoms with E-state index in [0.717, 1.165) is 65.9 Å². The molecule has 0 saturated carbocycles. The third-order valence-electron chi connectivity index (χ3n) is 22.9. The lowest BCUT2D eigenvalue weighted by molar-refractivity contribution is 0.590. The number of rotatable bonds is 8. The summed E-state index contributed by atoms with van der Waals surface area (Å²) in [5.41, 5.74) is 9.36. The zero-order valence-corrected chi connectivity index (χ0v) is 67.7. The van der Waals surface area contributed by atoms with Crippen molar-refractivity contribution in [2.75, 3.05) is 9.80 Å². The molecule has 0 atom stereocenters. The molecule has 0 unspecified atom stereocenters. The molecule has 15 aromatic rings. The summed E-state index contributed by atoms with van der Waals surface area (Å²) in [6.45, 7) is 43.0. The van der Waals surface area contributed by atoms with Gasteiger partial charge in [0.25, 0.3) is 6.71 Å². The van der Waals surface area contributed by atoms with Crippen LogP contribution in [0.4, 0.5) is 34.1 Å². The van der Waals surface area contributed by atoms with Crippen LogP contribution in [0.25, 0.3) is 99.5 Å². The topological polar surface area (TPSA) is 16.3 Å². The van der Waals surface area contributed by atoms with Crippen LogP contribution in [-0.2, 0) is 37.9 Å². The van der Waals surface area contributed by atoms with Crippen LogP contribution in [0.5, 0.6) is 0 Å². The van der Waals surface area contributed by atoms with Crippen molar-refractivity contribution in [1.82, 2.24) is 9.13 Å². The van der Waals surface area contributed by atoms with Crippen molar-refractivity contribution in [3.63, 3.8) is 0 Å². The molecule has 0 radical (unpaired) electrons. The van der Waals surface area contributed by atoms with Crippen LogP contribution < -0.4 is 26.2 Å². The lowest BCUT2D eigenvalue weighted by atomic mass is 9.33. The standard InChI is InChI=1S/C106H107BN4/c1-100(2,3)70-42-50-89-83(54-70)84-55-71(101(4,5)6)43-51-90(84)108(89)77-46-48-87-93(64-77)110(98-79(66-34-26-22-27-35-66)58-74(104(13,14)15)59-80(98)67-36-28-23-29-37-67)95-62-76(106(19,20)21)63-96-97(95)107(87)88-49-47-78(109-91-52-44-72(102(7,8)9)56-85(91)86-57-73(103(10,11)12)45-53-92(86)109)65-94(88)111(96)99-81(68-38-30-24-31-39-68)60-75(105(16,17)18)61-82(99)69-40-32-25-33-41-69/h22-65H,1-21H3/i22D,23D,24D,25D,26D,27D,28D,29D,30D,31D,32D,33D,34D,35D,36D,37D,38D,39D,40D,41D. The molecule has 4 nitrogen and oxygen atoms in total. The Hall–Kier alpha value is -10.9. The predicted octanol–water partition coefficient (Wildman–Crippen LogP) is 27.7. The van der Waals surface area contributed by atoms with Crippen molar-refractivity contribution in [1.29, 1.82) is 0 Å². The molecule has 4 heterocycles. The lowest BCUT2D eigenvalue weighted by Gasteiger charge is -2.47. The molecule has 554 valence electrons. The molecule has 0 amide bonds. The van der Waals surface area contributed by atoms with Crippen LogP contribution in [-0.4, -0.2) is 15.8 Å². The molecule has 0 saturated heterocycles. The van der Waals surface area contributed by atoms with Crippen molar-refractivity contribution >= 4 is 101 Å². The van der Waals surface area contributed by atoms with Gasteiger partial charge in [0.1, 0.15) is 0 Å². The molecule has 13 aromatic carbocycles. The number of nitrogens with zero attached hydrogens (tertiary/aromatic N) is 4. The van der Waals surface area contributed by atoms with E-state index in [4.69, 9.17) is 0 Å². The Morgan fingerprint density at radius 2 is 0.486 bits per heavy atom. The Morgan fingerprint density at radius 3 is 0.730 bits per heavy atom. The highest BCUT2D eigenvalue weighted by molar-refractivity contribution is 7.00. The van der Waals surface area contributed by atoms with E-state index in [1.807, 2.05) is 84.2 Å². The lowest BCUT2D eigenvalue weighted by Crippen LogP contribution is -2.61.